The molecule has 0 bridgehead atoms. The molecular formula is C18H17NO2. The molecule has 106 valence electrons. The van der Waals surface area contributed by atoms with E-state index in [9.17, 15) is 4.79 Å². The van der Waals surface area contributed by atoms with Gasteiger partial charge in [-0.25, -0.2) is 4.79 Å². The fourth-order valence-electron chi connectivity index (χ4n) is 2.81. The number of rotatable bonds is 4. The van der Waals surface area contributed by atoms with Crippen LogP contribution < -0.4 is 0 Å². The molecule has 0 aromatic heterocycles. The van der Waals surface area contributed by atoms with Gasteiger partial charge in [0, 0.05) is 19.2 Å². The van der Waals surface area contributed by atoms with Gasteiger partial charge in [-0.15, -0.1) is 0 Å². The van der Waals surface area contributed by atoms with Gasteiger partial charge in [0.15, 0.2) is 0 Å². The average molecular weight is 279 g/mol. The summed E-state index contributed by atoms with van der Waals surface area (Å²) >= 11 is 0. The van der Waals surface area contributed by atoms with Crippen LogP contribution in [-0.2, 0) is 4.79 Å². The minimum atomic E-state index is -0.861. The van der Waals surface area contributed by atoms with Crippen molar-refractivity contribution in [3.05, 3.63) is 83.4 Å². The Kier molecular flexibility index (Phi) is 3.84. The summed E-state index contributed by atoms with van der Waals surface area (Å²) in [6.45, 7) is 1.42. The summed E-state index contributed by atoms with van der Waals surface area (Å²) in [5.74, 6) is -0.861. The smallest absolute Gasteiger partial charge is 0.328 e. The van der Waals surface area contributed by atoms with Crippen molar-refractivity contribution in [3.63, 3.8) is 0 Å². The third-order valence-corrected chi connectivity index (χ3v) is 3.74. The summed E-state index contributed by atoms with van der Waals surface area (Å²) in [4.78, 5) is 13.0. The minimum absolute atomic E-state index is 0.179. The first-order valence-electron chi connectivity index (χ1n) is 7.00. The number of benzene rings is 2. The van der Waals surface area contributed by atoms with Crippen LogP contribution in [0.3, 0.4) is 0 Å². The first-order chi connectivity index (χ1) is 10.2. The third kappa shape index (κ3) is 3.03. The van der Waals surface area contributed by atoms with E-state index in [-0.39, 0.29) is 6.04 Å². The first kappa shape index (κ1) is 13.6. The van der Waals surface area contributed by atoms with Crippen LogP contribution in [0.25, 0.3) is 0 Å². The molecule has 21 heavy (non-hydrogen) atoms. The zero-order valence-corrected chi connectivity index (χ0v) is 11.6. The van der Waals surface area contributed by atoms with Gasteiger partial charge < -0.3 is 5.11 Å². The summed E-state index contributed by atoms with van der Waals surface area (Å²) < 4.78 is 0. The number of hydrogen-bond acceptors (Lipinski definition) is 2. The van der Waals surface area contributed by atoms with E-state index in [2.05, 4.69) is 29.2 Å². The topological polar surface area (TPSA) is 40.5 Å². The molecule has 0 unspecified atom stereocenters. The molecule has 0 atom stereocenters. The predicted octanol–water partition coefficient (Wildman–Crippen LogP) is 3.10. The SMILES string of the molecule is O=C(O)C=C1CN(C(c2ccccc2)c2ccccc2)C1. The lowest BCUT2D eigenvalue weighted by atomic mass is 9.93. The van der Waals surface area contributed by atoms with Gasteiger partial charge in [-0.05, 0) is 16.7 Å². The number of carbonyl (C=O) groups is 1. The van der Waals surface area contributed by atoms with Gasteiger partial charge in [-0.2, -0.15) is 0 Å². The van der Waals surface area contributed by atoms with Crippen LogP contribution >= 0.6 is 0 Å². The summed E-state index contributed by atoms with van der Waals surface area (Å²) in [6, 6.07) is 20.9. The van der Waals surface area contributed by atoms with Crippen molar-refractivity contribution in [1.29, 1.82) is 0 Å². The van der Waals surface area contributed by atoms with Gasteiger partial charge in [0.2, 0.25) is 0 Å². The van der Waals surface area contributed by atoms with E-state index < -0.39 is 5.97 Å². The molecule has 1 heterocycles. The Bertz CT molecular complexity index is 602. The molecule has 3 heteroatoms. The Morgan fingerprint density at radius 2 is 1.43 bits per heavy atom. The molecule has 2 aromatic rings. The highest BCUT2D eigenvalue weighted by molar-refractivity contribution is 5.81. The van der Waals surface area contributed by atoms with Crippen LogP contribution in [0.5, 0.6) is 0 Å². The number of hydrogen-bond donors (Lipinski definition) is 1. The molecular weight excluding hydrogens is 262 g/mol. The lowest BCUT2D eigenvalue weighted by Gasteiger charge is -2.41. The molecule has 1 aliphatic rings. The van der Waals surface area contributed by atoms with Crippen molar-refractivity contribution in [1.82, 2.24) is 4.90 Å². The van der Waals surface area contributed by atoms with Crippen LogP contribution in [0.2, 0.25) is 0 Å². The number of likely N-dealkylation sites (tertiary alicyclic amines) is 1. The molecule has 1 saturated heterocycles. The Morgan fingerprint density at radius 1 is 0.952 bits per heavy atom. The van der Waals surface area contributed by atoms with Crippen LogP contribution in [0.15, 0.2) is 72.3 Å². The van der Waals surface area contributed by atoms with Gasteiger partial charge in [-0.1, -0.05) is 60.7 Å². The van der Waals surface area contributed by atoms with Crippen molar-refractivity contribution >= 4 is 5.97 Å². The molecule has 1 N–H and O–H groups in total. The quantitative estimate of drug-likeness (QED) is 0.874. The molecule has 1 aliphatic heterocycles. The maximum atomic E-state index is 10.7. The largest absolute Gasteiger partial charge is 0.478 e. The van der Waals surface area contributed by atoms with E-state index >= 15 is 0 Å². The second kappa shape index (κ2) is 5.94. The predicted molar refractivity (Wildman–Crippen MR) is 82.0 cm³/mol. The summed E-state index contributed by atoms with van der Waals surface area (Å²) in [7, 11) is 0. The fourth-order valence-corrected chi connectivity index (χ4v) is 2.81. The Balaban J connectivity index is 1.87. The van der Waals surface area contributed by atoms with E-state index in [1.54, 1.807) is 0 Å². The summed E-state index contributed by atoms with van der Waals surface area (Å²) in [6.07, 6.45) is 1.32. The molecule has 3 nitrogen and oxygen atoms in total. The van der Waals surface area contributed by atoms with Gasteiger partial charge in [0.05, 0.1) is 6.04 Å². The van der Waals surface area contributed by atoms with E-state index in [4.69, 9.17) is 5.11 Å². The zero-order valence-electron chi connectivity index (χ0n) is 11.6. The summed E-state index contributed by atoms with van der Waals surface area (Å²) in [5, 5.41) is 8.81. The second-order valence-electron chi connectivity index (χ2n) is 5.27. The number of nitrogens with zero attached hydrogens (tertiary/aromatic N) is 1. The maximum Gasteiger partial charge on any atom is 0.328 e. The van der Waals surface area contributed by atoms with Crippen molar-refractivity contribution in [2.45, 2.75) is 6.04 Å². The first-order valence-corrected chi connectivity index (χ1v) is 7.00. The standard InChI is InChI=1S/C18H17NO2/c20-17(21)11-14-12-19(13-14)18(15-7-3-1-4-8-15)16-9-5-2-6-10-16/h1-11,18H,12-13H2,(H,20,21). The van der Waals surface area contributed by atoms with Gasteiger partial charge in [0.1, 0.15) is 0 Å². The van der Waals surface area contributed by atoms with Crippen LogP contribution in [0.1, 0.15) is 17.2 Å². The maximum absolute atomic E-state index is 10.7. The van der Waals surface area contributed by atoms with E-state index in [1.165, 1.54) is 17.2 Å². The number of aliphatic carboxylic acids is 1. The molecule has 0 saturated carbocycles. The van der Waals surface area contributed by atoms with Crippen LogP contribution in [0.4, 0.5) is 0 Å². The molecule has 0 amide bonds. The van der Waals surface area contributed by atoms with Gasteiger partial charge in [-0.3, -0.25) is 4.90 Å². The molecule has 3 rings (SSSR count). The monoisotopic (exact) mass is 279 g/mol. The summed E-state index contributed by atoms with van der Waals surface area (Å²) in [5.41, 5.74) is 3.44. The van der Waals surface area contributed by atoms with Crippen molar-refractivity contribution in [2.75, 3.05) is 13.1 Å². The lowest BCUT2D eigenvalue weighted by molar-refractivity contribution is -0.131. The van der Waals surface area contributed by atoms with Crippen LogP contribution in [-0.4, -0.2) is 29.1 Å². The molecule has 2 aromatic carbocycles. The fraction of sp³-hybridized carbons (Fsp3) is 0.167. The van der Waals surface area contributed by atoms with Gasteiger partial charge >= 0.3 is 5.97 Å². The molecule has 0 spiro atoms. The third-order valence-electron chi connectivity index (χ3n) is 3.74. The zero-order chi connectivity index (χ0) is 14.7. The van der Waals surface area contributed by atoms with Crippen molar-refractivity contribution in [3.8, 4) is 0 Å². The molecule has 0 radical (unpaired) electrons. The number of carboxylic acid groups (broad SMARTS) is 1. The van der Waals surface area contributed by atoms with Gasteiger partial charge in [0.25, 0.3) is 0 Å². The Labute approximate surface area is 124 Å². The molecule has 1 fully saturated rings. The second-order valence-corrected chi connectivity index (χ2v) is 5.27. The van der Waals surface area contributed by atoms with E-state index in [0.29, 0.717) is 13.1 Å². The van der Waals surface area contributed by atoms with Crippen molar-refractivity contribution < 1.29 is 9.90 Å². The average Bonchev–Trinajstić information content (AvgIpc) is 2.47. The van der Waals surface area contributed by atoms with Crippen LogP contribution in [0, 0.1) is 0 Å². The Morgan fingerprint density at radius 3 is 1.86 bits per heavy atom. The highest BCUT2D eigenvalue weighted by Crippen LogP contribution is 2.33. The normalized spacial score (nSPS) is 14.8. The highest BCUT2D eigenvalue weighted by Gasteiger charge is 2.30. The Hall–Kier alpha value is -2.39. The lowest BCUT2D eigenvalue weighted by Crippen LogP contribution is -2.43. The minimum Gasteiger partial charge on any atom is -0.478 e. The highest BCUT2D eigenvalue weighted by atomic mass is 16.4. The van der Waals surface area contributed by atoms with Crippen molar-refractivity contribution in [2.24, 2.45) is 0 Å². The van der Waals surface area contributed by atoms with E-state index in [1.807, 2.05) is 36.4 Å². The molecule has 0 aliphatic carbocycles. The number of carboxylic acids is 1. The van der Waals surface area contributed by atoms with E-state index in [0.717, 1.165) is 5.57 Å².